The van der Waals surface area contributed by atoms with Crippen molar-refractivity contribution in [2.24, 2.45) is 5.92 Å². The maximum atomic E-state index is 12.1. The van der Waals surface area contributed by atoms with E-state index in [0.717, 1.165) is 16.8 Å². The van der Waals surface area contributed by atoms with Crippen LogP contribution in [0, 0.1) is 29.9 Å². The van der Waals surface area contributed by atoms with Crippen molar-refractivity contribution in [2.45, 2.75) is 27.7 Å². The average Bonchev–Trinajstić information content (AvgIpc) is 2.75. The molecule has 2 aromatic carbocycles. The van der Waals surface area contributed by atoms with Gasteiger partial charge in [-0.15, -0.1) is 0 Å². The maximum Gasteiger partial charge on any atom is 0.353 e. The third-order valence-electron chi connectivity index (χ3n) is 4.58. The monoisotopic (exact) mass is 435 g/mol. The normalized spacial score (nSPS) is 10.7. The van der Waals surface area contributed by atoms with Crippen molar-refractivity contribution >= 4 is 34.7 Å². The van der Waals surface area contributed by atoms with Gasteiger partial charge in [0, 0.05) is 11.4 Å². The quantitative estimate of drug-likeness (QED) is 0.278. The smallest absolute Gasteiger partial charge is 0.353 e. The summed E-state index contributed by atoms with van der Waals surface area (Å²) in [5.41, 5.74) is 3.31. The molecule has 3 rings (SSSR count). The minimum absolute atomic E-state index is 0.0351. The Bertz CT molecular complexity index is 1130. The van der Waals surface area contributed by atoms with Crippen molar-refractivity contribution in [1.29, 1.82) is 0 Å². The lowest BCUT2D eigenvalue weighted by Crippen LogP contribution is -2.10. The minimum atomic E-state index is -0.534. The standard InChI is InChI=1S/C23H25N5O4/c1-14(2)12-32-23(29)17-7-9-18(10-8-17)26-21-20(28(30)31)22(25-13-24-21)27-19-11-15(3)5-6-16(19)4/h5-11,13-14H,12H2,1-4H3,(H2,24,25,26,27). The number of hydrogen-bond acceptors (Lipinski definition) is 8. The number of rotatable bonds is 8. The number of anilines is 4. The van der Waals surface area contributed by atoms with Crippen LogP contribution in [-0.2, 0) is 4.74 Å². The number of esters is 1. The number of carbonyl (C=O) groups is 1. The van der Waals surface area contributed by atoms with Crippen LogP contribution in [-0.4, -0.2) is 27.5 Å². The van der Waals surface area contributed by atoms with Gasteiger partial charge >= 0.3 is 11.7 Å². The molecule has 0 aliphatic heterocycles. The van der Waals surface area contributed by atoms with Crippen LogP contribution in [0.3, 0.4) is 0 Å². The second-order valence-electron chi connectivity index (χ2n) is 7.81. The van der Waals surface area contributed by atoms with Crippen molar-refractivity contribution in [1.82, 2.24) is 9.97 Å². The predicted molar refractivity (Wildman–Crippen MR) is 123 cm³/mol. The first-order chi connectivity index (χ1) is 15.2. The Hall–Kier alpha value is -4.01. The molecule has 0 aliphatic carbocycles. The van der Waals surface area contributed by atoms with Crippen LogP contribution < -0.4 is 10.6 Å². The predicted octanol–water partition coefficient (Wildman–Crippen LogP) is 5.30. The molecule has 0 atom stereocenters. The highest BCUT2D eigenvalue weighted by Gasteiger charge is 2.24. The topological polar surface area (TPSA) is 119 Å². The van der Waals surface area contributed by atoms with Gasteiger partial charge in [0.2, 0.25) is 11.6 Å². The Balaban J connectivity index is 1.84. The summed E-state index contributed by atoms with van der Waals surface area (Å²) >= 11 is 0. The third kappa shape index (κ3) is 5.57. The molecule has 1 heterocycles. The highest BCUT2D eigenvalue weighted by Crippen LogP contribution is 2.33. The Labute approximate surface area is 186 Å². The zero-order valence-corrected chi connectivity index (χ0v) is 18.4. The van der Waals surface area contributed by atoms with Gasteiger partial charge in [0.25, 0.3) is 0 Å². The second kappa shape index (κ2) is 9.86. The number of hydrogen-bond donors (Lipinski definition) is 2. The molecule has 166 valence electrons. The molecule has 0 unspecified atom stereocenters. The van der Waals surface area contributed by atoms with Crippen LogP contribution in [0.15, 0.2) is 48.8 Å². The first-order valence-corrected chi connectivity index (χ1v) is 10.1. The lowest BCUT2D eigenvalue weighted by molar-refractivity contribution is -0.383. The van der Waals surface area contributed by atoms with E-state index in [1.165, 1.54) is 6.33 Å². The fourth-order valence-electron chi connectivity index (χ4n) is 2.88. The zero-order chi connectivity index (χ0) is 23.3. The summed E-state index contributed by atoms with van der Waals surface area (Å²) in [5.74, 6) is -0.0640. The van der Waals surface area contributed by atoms with Gasteiger partial charge in [-0.05, 0) is 61.2 Å². The molecular weight excluding hydrogens is 410 g/mol. The number of ether oxygens (including phenoxy) is 1. The zero-order valence-electron chi connectivity index (χ0n) is 18.4. The van der Waals surface area contributed by atoms with E-state index in [0.29, 0.717) is 17.9 Å². The molecule has 32 heavy (non-hydrogen) atoms. The lowest BCUT2D eigenvalue weighted by atomic mass is 10.1. The first kappa shape index (κ1) is 22.7. The van der Waals surface area contributed by atoms with Gasteiger partial charge in [0.1, 0.15) is 6.33 Å². The van der Waals surface area contributed by atoms with Gasteiger partial charge in [-0.25, -0.2) is 14.8 Å². The van der Waals surface area contributed by atoms with Crippen molar-refractivity contribution in [3.63, 3.8) is 0 Å². The molecule has 0 amide bonds. The van der Waals surface area contributed by atoms with Gasteiger partial charge in [0.05, 0.1) is 17.1 Å². The van der Waals surface area contributed by atoms with Gasteiger partial charge in [-0.3, -0.25) is 10.1 Å². The van der Waals surface area contributed by atoms with Crippen LogP contribution >= 0.6 is 0 Å². The molecule has 0 bridgehead atoms. The van der Waals surface area contributed by atoms with E-state index in [4.69, 9.17) is 4.74 Å². The van der Waals surface area contributed by atoms with Gasteiger partial charge < -0.3 is 15.4 Å². The van der Waals surface area contributed by atoms with Crippen LogP contribution in [0.25, 0.3) is 0 Å². The molecule has 0 radical (unpaired) electrons. The average molecular weight is 435 g/mol. The molecular formula is C23H25N5O4. The summed E-state index contributed by atoms with van der Waals surface area (Å²) < 4.78 is 5.21. The molecule has 3 aromatic rings. The van der Waals surface area contributed by atoms with Crippen LogP contribution in [0.2, 0.25) is 0 Å². The van der Waals surface area contributed by atoms with E-state index >= 15 is 0 Å². The molecule has 2 N–H and O–H groups in total. The third-order valence-corrected chi connectivity index (χ3v) is 4.58. The number of aromatic nitrogens is 2. The second-order valence-corrected chi connectivity index (χ2v) is 7.81. The Kier molecular flexibility index (Phi) is 6.99. The van der Waals surface area contributed by atoms with Crippen molar-refractivity contribution in [2.75, 3.05) is 17.2 Å². The summed E-state index contributed by atoms with van der Waals surface area (Å²) in [6.07, 6.45) is 1.25. The Morgan fingerprint density at radius 2 is 1.72 bits per heavy atom. The molecule has 9 nitrogen and oxygen atoms in total. The summed E-state index contributed by atoms with van der Waals surface area (Å²) in [4.78, 5) is 31.5. The SMILES string of the molecule is Cc1ccc(C)c(Nc2ncnc(Nc3ccc(C(=O)OCC(C)C)cc3)c2[N+](=O)[O-])c1. The van der Waals surface area contributed by atoms with E-state index in [9.17, 15) is 14.9 Å². The summed E-state index contributed by atoms with van der Waals surface area (Å²) in [6, 6.07) is 12.2. The van der Waals surface area contributed by atoms with Gasteiger partial charge in [0.15, 0.2) is 0 Å². The minimum Gasteiger partial charge on any atom is -0.462 e. The Morgan fingerprint density at radius 3 is 2.34 bits per heavy atom. The molecule has 0 fully saturated rings. The number of aryl methyl sites for hydroxylation is 2. The van der Waals surface area contributed by atoms with Gasteiger partial charge in [-0.1, -0.05) is 26.0 Å². The van der Waals surface area contributed by atoms with Gasteiger partial charge in [-0.2, -0.15) is 0 Å². The largest absolute Gasteiger partial charge is 0.462 e. The van der Waals surface area contributed by atoms with Crippen molar-refractivity contribution < 1.29 is 14.5 Å². The number of benzene rings is 2. The molecule has 0 spiro atoms. The van der Waals surface area contributed by atoms with E-state index in [1.54, 1.807) is 24.3 Å². The number of nitro groups is 1. The van der Waals surface area contributed by atoms with E-state index in [1.807, 2.05) is 45.9 Å². The Morgan fingerprint density at radius 1 is 1.06 bits per heavy atom. The fourth-order valence-corrected chi connectivity index (χ4v) is 2.88. The number of nitrogens with one attached hydrogen (secondary N) is 2. The lowest BCUT2D eigenvalue weighted by Gasteiger charge is -2.12. The van der Waals surface area contributed by atoms with Crippen molar-refractivity contribution in [3.8, 4) is 0 Å². The van der Waals surface area contributed by atoms with Crippen molar-refractivity contribution in [3.05, 3.63) is 75.6 Å². The highest BCUT2D eigenvalue weighted by atomic mass is 16.6. The first-order valence-electron chi connectivity index (χ1n) is 10.1. The maximum absolute atomic E-state index is 12.1. The summed E-state index contributed by atoms with van der Waals surface area (Å²) in [7, 11) is 0. The van der Waals surface area contributed by atoms with E-state index < -0.39 is 10.9 Å². The highest BCUT2D eigenvalue weighted by molar-refractivity contribution is 5.90. The number of carbonyl (C=O) groups excluding carboxylic acids is 1. The van der Waals surface area contributed by atoms with Crippen LogP contribution in [0.5, 0.6) is 0 Å². The van der Waals surface area contributed by atoms with Crippen LogP contribution in [0.1, 0.15) is 35.3 Å². The van der Waals surface area contributed by atoms with Crippen LogP contribution in [0.4, 0.5) is 28.7 Å². The molecule has 0 saturated carbocycles. The molecule has 0 aliphatic rings. The van der Waals surface area contributed by atoms with E-state index in [2.05, 4.69) is 20.6 Å². The van der Waals surface area contributed by atoms with E-state index in [-0.39, 0.29) is 23.2 Å². The summed E-state index contributed by atoms with van der Waals surface area (Å²) in [6.45, 7) is 8.09. The fraction of sp³-hybridized carbons (Fsp3) is 0.261. The molecule has 1 aromatic heterocycles. The molecule has 0 saturated heterocycles. The molecule has 9 heteroatoms. The number of nitrogens with zero attached hydrogens (tertiary/aromatic N) is 3. The summed E-state index contributed by atoms with van der Waals surface area (Å²) in [5, 5.41) is 17.8.